The summed E-state index contributed by atoms with van der Waals surface area (Å²) in [6.45, 7) is 0. The van der Waals surface area contributed by atoms with Gasteiger partial charge in [0.2, 0.25) is 0 Å². The van der Waals surface area contributed by atoms with Crippen molar-refractivity contribution in [3.63, 3.8) is 0 Å². The average molecular weight is 289 g/mol. The molecular formula is C12H11N5O2S. The Balaban J connectivity index is 1.98. The van der Waals surface area contributed by atoms with E-state index in [-0.39, 0.29) is 5.75 Å². The third-order valence-corrected chi connectivity index (χ3v) is 3.72. The predicted molar refractivity (Wildman–Crippen MR) is 73.5 cm³/mol. The summed E-state index contributed by atoms with van der Waals surface area (Å²) in [5.41, 5.74) is 1.73. The number of aliphatic carboxylic acids is 1. The highest BCUT2D eigenvalue weighted by Gasteiger charge is 2.14. The highest BCUT2D eigenvalue weighted by Crippen LogP contribution is 2.24. The third kappa shape index (κ3) is 2.25. The standard InChI is InChI=1S/C12H11N5O2S/c1-16-12(20-7-10(18)19)14-11(15-16)8-6-13-17-5-3-2-4-9(8)17/h2-6H,7H2,1H3,(H,18,19). The molecule has 3 heterocycles. The van der Waals surface area contributed by atoms with Crippen LogP contribution in [0.1, 0.15) is 0 Å². The first-order valence-electron chi connectivity index (χ1n) is 5.83. The van der Waals surface area contributed by atoms with Crippen LogP contribution >= 0.6 is 11.8 Å². The molecule has 1 N–H and O–H groups in total. The zero-order valence-electron chi connectivity index (χ0n) is 10.6. The van der Waals surface area contributed by atoms with Crippen LogP contribution in [-0.2, 0) is 11.8 Å². The number of hydrogen-bond acceptors (Lipinski definition) is 5. The summed E-state index contributed by atoms with van der Waals surface area (Å²) in [7, 11) is 1.74. The van der Waals surface area contributed by atoms with E-state index in [1.807, 2.05) is 24.4 Å². The summed E-state index contributed by atoms with van der Waals surface area (Å²) in [6.07, 6.45) is 3.55. The lowest BCUT2D eigenvalue weighted by atomic mass is 10.2. The maximum absolute atomic E-state index is 10.6. The molecular weight excluding hydrogens is 278 g/mol. The fraction of sp³-hybridized carbons (Fsp3) is 0.167. The maximum atomic E-state index is 10.6. The van der Waals surface area contributed by atoms with Gasteiger partial charge < -0.3 is 5.11 Å². The Kier molecular flexibility index (Phi) is 3.15. The summed E-state index contributed by atoms with van der Waals surface area (Å²) in [5.74, 6) is -0.377. The van der Waals surface area contributed by atoms with Gasteiger partial charge in [-0.25, -0.2) is 14.2 Å². The summed E-state index contributed by atoms with van der Waals surface area (Å²) >= 11 is 1.14. The van der Waals surface area contributed by atoms with E-state index >= 15 is 0 Å². The molecule has 0 aliphatic rings. The van der Waals surface area contributed by atoms with Gasteiger partial charge in [-0.3, -0.25) is 4.79 Å². The van der Waals surface area contributed by atoms with Gasteiger partial charge in [0.25, 0.3) is 0 Å². The lowest BCUT2D eigenvalue weighted by Crippen LogP contribution is -2.00. The van der Waals surface area contributed by atoms with Gasteiger partial charge in [-0.05, 0) is 12.1 Å². The van der Waals surface area contributed by atoms with Crippen LogP contribution in [0, 0.1) is 0 Å². The molecule has 0 aromatic carbocycles. The monoisotopic (exact) mass is 289 g/mol. The van der Waals surface area contributed by atoms with E-state index in [0.717, 1.165) is 22.8 Å². The molecule has 7 nitrogen and oxygen atoms in total. The number of hydrogen-bond donors (Lipinski definition) is 1. The van der Waals surface area contributed by atoms with Crippen molar-refractivity contribution in [2.24, 2.45) is 7.05 Å². The first kappa shape index (κ1) is 12.7. The number of pyridine rings is 1. The minimum Gasteiger partial charge on any atom is -0.481 e. The first-order chi connectivity index (χ1) is 9.65. The first-order valence-corrected chi connectivity index (χ1v) is 6.82. The SMILES string of the molecule is Cn1nc(-c2cnn3ccccc23)nc1SCC(=O)O. The summed E-state index contributed by atoms with van der Waals surface area (Å²) < 4.78 is 3.32. The molecule has 0 spiro atoms. The highest BCUT2D eigenvalue weighted by atomic mass is 32.2. The second-order valence-electron chi connectivity index (χ2n) is 4.11. The van der Waals surface area contributed by atoms with Crippen LogP contribution in [0.2, 0.25) is 0 Å². The molecule has 0 saturated carbocycles. The van der Waals surface area contributed by atoms with E-state index in [2.05, 4.69) is 15.2 Å². The fourth-order valence-corrected chi connectivity index (χ4v) is 2.47. The van der Waals surface area contributed by atoms with Gasteiger partial charge in [0.1, 0.15) is 0 Å². The largest absolute Gasteiger partial charge is 0.481 e. The quantitative estimate of drug-likeness (QED) is 0.729. The number of rotatable bonds is 4. The van der Waals surface area contributed by atoms with Gasteiger partial charge in [-0.1, -0.05) is 17.8 Å². The fourth-order valence-electron chi connectivity index (χ4n) is 1.84. The van der Waals surface area contributed by atoms with Gasteiger partial charge in [0, 0.05) is 13.2 Å². The molecule has 0 saturated heterocycles. The summed E-state index contributed by atoms with van der Waals surface area (Å²) in [5, 5.41) is 17.8. The Bertz CT molecular complexity index is 779. The van der Waals surface area contributed by atoms with Gasteiger partial charge >= 0.3 is 5.97 Å². The summed E-state index contributed by atoms with van der Waals surface area (Å²) in [4.78, 5) is 15.0. The van der Waals surface area contributed by atoms with Crippen molar-refractivity contribution in [1.29, 1.82) is 0 Å². The van der Waals surface area contributed by atoms with Crippen LogP contribution in [0.25, 0.3) is 16.9 Å². The van der Waals surface area contributed by atoms with Gasteiger partial charge in [0.05, 0.1) is 23.0 Å². The molecule has 3 aromatic heterocycles. The molecule has 0 atom stereocenters. The molecule has 102 valence electrons. The van der Waals surface area contributed by atoms with Crippen molar-refractivity contribution in [2.75, 3.05) is 5.75 Å². The van der Waals surface area contributed by atoms with E-state index in [9.17, 15) is 4.79 Å². The number of aryl methyl sites for hydroxylation is 1. The van der Waals surface area contributed by atoms with E-state index in [0.29, 0.717) is 11.0 Å². The van der Waals surface area contributed by atoms with Crippen LogP contribution in [0.15, 0.2) is 35.7 Å². The minimum absolute atomic E-state index is 0.0409. The van der Waals surface area contributed by atoms with Crippen molar-refractivity contribution >= 4 is 23.2 Å². The van der Waals surface area contributed by atoms with E-state index < -0.39 is 5.97 Å². The van der Waals surface area contributed by atoms with Crippen molar-refractivity contribution in [1.82, 2.24) is 24.4 Å². The highest BCUT2D eigenvalue weighted by molar-refractivity contribution is 7.99. The van der Waals surface area contributed by atoms with Gasteiger partial charge in [-0.15, -0.1) is 0 Å². The lowest BCUT2D eigenvalue weighted by molar-refractivity contribution is -0.133. The van der Waals surface area contributed by atoms with Crippen molar-refractivity contribution < 1.29 is 9.90 Å². The van der Waals surface area contributed by atoms with Gasteiger partial charge in [-0.2, -0.15) is 10.2 Å². The number of carbonyl (C=O) groups is 1. The number of carboxylic acids is 1. The van der Waals surface area contributed by atoms with Crippen molar-refractivity contribution in [3.8, 4) is 11.4 Å². The van der Waals surface area contributed by atoms with Crippen molar-refractivity contribution in [3.05, 3.63) is 30.6 Å². The van der Waals surface area contributed by atoms with Gasteiger partial charge in [0.15, 0.2) is 11.0 Å². The average Bonchev–Trinajstić information content (AvgIpc) is 3.00. The van der Waals surface area contributed by atoms with E-state index in [1.165, 1.54) is 0 Å². The Hall–Kier alpha value is -2.35. The Morgan fingerprint density at radius 1 is 1.45 bits per heavy atom. The number of carboxylic acid groups (broad SMARTS) is 1. The molecule has 8 heteroatoms. The number of nitrogens with zero attached hydrogens (tertiary/aromatic N) is 5. The minimum atomic E-state index is -0.879. The molecule has 0 radical (unpaired) electrons. The second kappa shape index (κ2) is 4.97. The second-order valence-corrected chi connectivity index (χ2v) is 5.06. The molecule has 0 fully saturated rings. The number of aromatic nitrogens is 5. The Labute approximate surface area is 118 Å². The molecule has 0 amide bonds. The third-order valence-electron chi connectivity index (χ3n) is 2.72. The predicted octanol–water partition coefficient (Wildman–Crippen LogP) is 1.31. The van der Waals surface area contributed by atoms with Crippen LogP contribution in [-0.4, -0.2) is 41.2 Å². The normalized spacial score (nSPS) is 11.1. The molecule has 20 heavy (non-hydrogen) atoms. The zero-order chi connectivity index (χ0) is 14.1. The molecule has 0 aliphatic carbocycles. The van der Waals surface area contributed by atoms with E-state index in [1.54, 1.807) is 22.4 Å². The van der Waals surface area contributed by atoms with Crippen molar-refractivity contribution in [2.45, 2.75) is 5.16 Å². The van der Waals surface area contributed by atoms with Crippen LogP contribution in [0.4, 0.5) is 0 Å². The molecule has 0 aliphatic heterocycles. The molecule has 3 aromatic rings. The van der Waals surface area contributed by atoms with Crippen LogP contribution in [0.3, 0.4) is 0 Å². The van der Waals surface area contributed by atoms with E-state index in [4.69, 9.17) is 5.11 Å². The topological polar surface area (TPSA) is 85.3 Å². The smallest absolute Gasteiger partial charge is 0.313 e. The molecule has 0 unspecified atom stereocenters. The number of fused-ring (bicyclic) bond motifs is 1. The maximum Gasteiger partial charge on any atom is 0.313 e. The molecule has 3 rings (SSSR count). The number of thioether (sulfide) groups is 1. The molecule has 0 bridgehead atoms. The van der Waals surface area contributed by atoms with Crippen LogP contribution in [0.5, 0.6) is 0 Å². The Morgan fingerprint density at radius 3 is 3.10 bits per heavy atom. The lowest BCUT2D eigenvalue weighted by Gasteiger charge is -1.94. The summed E-state index contributed by atoms with van der Waals surface area (Å²) in [6, 6.07) is 5.75. The van der Waals surface area contributed by atoms with Crippen LogP contribution < -0.4 is 0 Å². The Morgan fingerprint density at radius 2 is 2.30 bits per heavy atom. The zero-order valence-corrected chi connectivity index (χ0v) is 11.4.